The van der Waals surface area contributed by atoms with E-state index >= 15 is 0 Å². The molecule has 94 valence electrons. The number of nitrogens with zero attached hydrogens (tertiary/aromatic N) is 2. The van der Waals surface area contributed by atoms with Gasteiger partial charge in [-0.25, -0.2) is 9.97 Å². The topological polar surface area (TPSA) is 37.8 Å². The second-order valence-corrected chi connectivity index (χ2v) is 4.76. The van der Waals surface area contributed by atoms with E-state index in [0.717, 1.165) is 28.1 Å². The van der Waals surface area contributed by atoms with Crippen LogP contribution < -0.4 is 5.32 Å². The fourth-order valence-corrected chi connectivity index (χ4v) is 2.08. The minimum atomic E-state index is 0.651. The molecule has 0 aliphatic heterocycles. The van der Waals surface area contributed by atoms with Crippen LogP contribution in [0.2, 0.25) is 5.02 Å². The Balaban J connectivity index is 1.97. The van der Waals surface area contributed by atoms with E-state index in [1.54, 1.807) is 0 Å². The Bertz CT molecular complexity index is 723. The van der Waals surface area contributed by atoms with Crippen molar-refractivity contribution in [1.29, 1.82) is 0 Å². The highest BCUT2D eigenvalue weighted by molar-refractivity contribution is 6.35. The summed E-state index contributed by atoms with van der Waals surface area (Å²) in [6.07, 6.45) is 1.82. The van der Waals surface area contributed by atoms with E-state index in [4.69, 9.17) is 11.6 Å². The quantitative estimate of drug-likeness (QED) is 0.752. The number of rotatable bonds is 2. The van der Waals surface area contributed by atoms with Gasteiger partial charge in [-0.3, -0.25) is 0 Å². The molecule has 3 rings (SSSR count). The SMILES string of the molecule is Cc1ccc(Nc2ccc3cccc(Cl)c3n2)nc1. The van der Waals surface area contributed by atoms with Gasteiger partial charge in [-0.2, -0.15) is 0 Å². The number of anilines is 2. The molecule has 4 heteroatoms. The molecule has 19 heavy (non-hydrogen) atoms. The Kier molecular flexibility index (Phi) is 3.05. The van der Waals surface area contributed by atoms with E-state index in [9.17, 15) is 0 Å². The first kappa shape index (κ1) is 11.9. The summed E-state index contributed by atoms with van der Waals surface area (Å²) in [7, 11) is 0. The van der Waals surface area contributed by atoms with Crippen LogP contribution in [-0.2, 0) is 0 Å². The highest BCUT2D eigenvalue weighted by Gasteiger charge is 2.02. The van der Waals surface area contributed by atoms with Gasteiger partial charge in [-0.05, 0) is 36.8 Å². The third kappa shape index (κ3) is 2.51. The summed E-state index contributed by atoms with van der Waals surface area (Å²) in [5.74, 6) is 1.50. The minimum absolute atomic E-state index is 0.651. The Labute approximate surface area is 116 Å². The maximum absolute atomic E-state index is 6.15. The lowest BCUT2D eigenvalue weighted by Crippen LogP contribution is -1.96. The Morgan fingerprint density at radius 1 is 1.00 bits per heavy atom. The molecule has 0 saturated carbocycles. The van der Waals surface area contributed by atoms with Gasteiger partial charge in [0, 0.05) is 11.6 Å². The highest BCUT2D eigenvalue weighted by Crippen LogP contribution is 2.23. The van der Waals surface area contributed by atoms with Crippen molar-refractivity contribution in [2.24, 2.45) is 0 Å². The zero-order valence-electron chi connectivity index (χ0n) is 10.4. The molecule has 0 fully saturated rings. The summed E-state index contributed by atoms with van der Waals surface area (Å²) >= 11 is 6.15. The minimum Gasteiger partial charge on any atom is -0.325 e. The van der Waals surface area contributed by atoms with Gasteiger partial charge in [-0.1, -0.05) is 29.8 Å². The van der Waals surface area contributed by atoms with Crippen LogP contribution in [0.5, 0.6) is 0 Å². The van der Waals surface area contributed by atoms with Crippen molar-refractivity contribution in [1.82, 2.24) is 9.97 Å². The number of fused-ring (bicyclic) bond motifs is 1. The average molecular weight is 270 g/mol. The molecule has 0 aliphatic rings. The van der Waals surface area contributed by atoms with Crippen molar-refractivity contribution in [2.45, 2.75) is 6.92 Å². The predicted octanol–water partition coefficient (Wildman–Crippen LogP) is 4.34. The largest absolute Gasteiger partial charge is 0.325 e. The fourth-order valence-electron chi connectivity index (χ4n) is 1.85. The molecule has 0 unspecified atom stereocenters. The number of aromatic nitrogens is 2. The molecule has 0 spiro atoms. The normalized spacial score (nSPS) is 10.6. The zero-order chi connectivity index (χ0) is 13.2. The summed E-state index contributed by atoms with van der Waals surface area (Å²) in [6.45, 7) is 2.00. The van der Waals surface area contributed by atoms with E-state index < -0.39 is 0 Å². The summed E-state index contributed by atoms with van der Waals surface area (Å²) in [6, 6.07) is 13.6. The number of aryl methyl sites for hydroxylation is 1. The Morgan fingerprint density at radius 2 is 1.84 bits per heavy atom. The Morgan fingerprint density at radius 3 is 2.63 bits per heavy atom. The monoisotopic (exact) mass is 269 g/mol. The van der Waals surface area contributed by atoms with Gasteiger partial charge in [-0.15, -0.1) is 0 Å². The van der Waals surface area contributed by atoms with Crippen LogP contribution in [0.4, 0.5) is 11.6 Å². The molecule has 2 aromatic heterocycles. The predicted molar refractivity (Wildman–Crippen MR) is 79.0 cm³/mol. The number of hydrogen-bond acceptors (Lipinski definition) is 3. The molecule has 0 saturated heterocycles. The molecule has 2 heterocycles. The molecular weight excluding hydrogens is 258 g/mol. The van der Waals surface area contributed by atoms with E-state index in [0.29, 0.717) is 5.02 Å². The number of benzene rings is 1. The van der Waals surface area contributed by atoms with Crippen LogP contribution in [0, 0.1) is 6.92 Å². The molecular formula is C15H12ClN3. The van der Waals surface area contributed by atoms with Crippen LogP contribution >= 0.6 is 11.6 Å². The lowest BCUT2D eigenvalue weighted by atomic mass is 10.2. The van der Waals surface area contributed by atoms with Crippen molar-refractivity contribution in [2.75, 3.05) is 5.32 Å². The van der Waals surface area contributed by atoms with Crippen molar-refractivity contribution < 1.29 is 0 Å². The van der Waals surface area contributed by atoms with Gasteiger partial charge in [0.15, 0.2) is 0 Å². The third-order valence-electron chi connectivity index (χ3n) is 2.84. The second kappa shape index (κ2) is 4.86. The standard InChI is InChI=1S/C15H12ClN3/c1-10-5-7-13(17-9-10)18-14-8-6-11-3-2-4-12(16)15(11)19-14/h2-9H,1H3,(H,17,18,19). The molecule has 0 aliphatic carbocycles. The maximum Gasteiger partial charge on any atom is 0.132 e. The van der Waals surface area contributed by atoms with Crippen LogP contribution in [0.3, 0.4) is 0 Å². The summed E-state index contributed by atoms with van der Waals surface area (Å²) in [5, 5.41) is 4.84. The first-order chi connectivity index (χ1) is 9.22. The second-order valence-electron chi connectivity index (χ2n) is 4.35. The zero-order valence-corrected chi connectivity index (χ0v) is 11.1. The van der Waals surface area contributed by atoms with Gasteiger partial charge in [0.05, 0.1) is 10.5 Å². The van der Waals surface area contributed by atoms with Gasteiger partial charge in [0.2, 0.25) is 0 Å². The van der Waals surface area contributed by atoms with Gasteiger partial charge in [0.1, 0.15) is 11.6 Å². The van der Waals surface area contributed by atoms with Gasteiger partial charge < -0.3 is 5.32 Å². The van der Waals surface area contributed by atoms with E-state index in [1.807, 2.05) is 55.6 Å². The third-order valence-corrected chi connectivity index (χ3v) is 3.14. The Hall–Kier alpha value is -2.13. The molecule has 3 aromatic rings. The number of nitrogens with one attached hydrogen (secondary N) is 1. The van der Waals surface area contributed by atoms with E-state index in [-0.39, 0.29) is 0 Å². The molecule has 0 atom stereocenters. The van der Waals surface area contributed by atoms with E-state index in [1.165, 1.54) is 0 Å². The van der Waals surface area contributed by atoms with Crippen LogP contribution in [0.15, 0.2) is 48.7 Å². The molecule has 1 aromatic carbocycles. The highest BCUT2D eigenvalue weighted by atomic mass is 35.5. The van der Waals surface area contributed by atoms with Gasteiger partial charge in [0.25, 0.3) is 0 Å². The van der Waals surface area contributed by atoms with Gasteiger partial charge >= 0.3 is 0 Å². The number of hydrogen-bond donors (Lipinski definition) is 1. The van der Waals surface area contributed by atoms with Crippen molar-refractivity contribution in [3.05, 3.63) is 59.2 Å². The van der Waals surface area contributed by atoms with Crippen molar-refractivity contribution in [3.63, 3.8) is 0 Å². The smallest absolute Gasteiger partial charge is 0.132 e. The number of halogens is 1. The summed E-state index contributed by atoms with van der Waals surface area (Å²) in [4.78, 5) is 8.80. The van der Waals surface area contributed by atoms with Crippen LogP contribution in [0.25, 0.3) is 10.9 Å². The lowest BCUT2D eigenvalue weighted by Gasteiger charge is -2.06. The number of pyridine rings is 2. The van der Waals surface area contributed by atoms with Crippen LogP contribution in [-0.4, -0.2) is 9.97 Å². The number of para-hydroxylation sites is 1. The fraction of sp³-hybridized carbons (Fsp3) is 0.0667. The van der Waals surface area contributed by atoms with Crippen molar-refractivity contribution in [3.8, 4) is 0 Å². The first-order valence-corrected chi connectivity index (χ1v) is 6.35. The van der Waals surface area contributed by atoms with Crippen LogP contribution in [0.1, 0.15) is 5.56 Å². The molecule has 3 nitrogen and oxygen atoms in total. The lowest BCUT2D eigenvalue weighted by molar-refractivity contribution is 1.24. The molecule has 0 bridgehead atoms. The van der Waals surface area contributed by atoms with Crippen molar-refractivity contribution >= 4 is 34.1 Å². The maximum atomic E-state index is 6.15. The summed E-state index contributed by atoms with van der Waals surface area (Å²) in [5.41, 5.74) is 1.92. The average Bonchev–Trinajstić information content (AvgIpc) is 2.42. The molecule has 0 radical (unpaired) electrons. The van der Waals surface area contributed by atoms with E-state index in [2.05, 4.69) is 15.3 Å². The molecule has 0 amide bonds. The summed E-state index contributed by atoms with van der Waals surface area (Å²) < 4.78 is 0. The first-order valence-electron chi connectivity index (χ1n) is 5.97. The molecule has 1 N–H and O–H groups in total.